The first-order valence-electron chi connectivity index (χ1n) is 6.37. The maximum atomic E-state index is 8.56. The van der Waals surface area contributed by atoms with Crippen molar-refractivity contribution in [3.63, 3.8) is 0 Å². The van der Waals surface area contributed by atoms with Gasteiger partial charge in [0.05, 0.1) is 6.61 Å². The minimum Gasteiger partial charge on any atom is -0.493 e. The van der Waals surface area contributed by atoms with Crippen LogP contribution < -0.4 is 10.5 Å². The van der Waals surface area contributed by atoms with Gasteiger partial charge in [-0.1, -0.05) is 25.9 Å². The third-order valence-electron chi connectivity index (χ3n) is 2.93. The van der Waals surface area contributed by atoms with Gasteiger partial charge in [0.25, 0.3) is 0 Å². The first-order chi connectivity index (χ1) is 9.04. The number of amidine groups is 1. The number of oxime groups is 1. The second-order valence-corrected chi connectivity index (χ2v) is 6.16. The normalized spacial score (nSPS) is 13.6. The molecular weight excluding hydrogens is 260 g/mol. The second kappa shape index (κ2) is 7.94. The van der Waals surface area contributed by atoms with E-state index in [9.17, 15) is 0 Å². The molecule has 0 saturated heterocycles. The summed E-state index contributed by atoms with van der Waals surface area (Å²) in [7, 11) is 0. The lowest BCUT2D eigenvalue weighted by Gasteiger charge is -2.15. The van der Waals surface area contributed by atoms with Crippen LogP contribution in [0.3, 0.4) is 0 Å². The maximum Gasteiger partial charge on any atom is 0.170 e. The number of ether oxygens (including phenoxy) is 1. The van der Waals surface area contributed by atoms with Crippen molar-refractivity contribution in [3.05, 3.63) is 29.8 Å². The monoisotopic (exact) mass is 282 g/mol. The number of rotatable bonds is 7. The molecule has 3 N–H and O–H groups in total. The van der Waals surface area contributed by atoms with Crippen LogP contribution in [0, 0.1) is 5.92 Å². The van der Waals surface area contributed by atoms with Crippen molar-refractivity contribution in [2.45, 2.75) is 26.0 Å². The van der Waals surface area contributed by atoms with Crippen LogP contribution in [0.1, 0.15) is 26.3 Å². The zero-order chi connectivity index (χ0) is 14.3. The molecule has 0 aromatic heterocycles. The molecule has 4 nitrogen and oxygen atoms in total. The van der Waals surface area contributed by atoms with Crippen molar-refractivity contribution in [2.24, 2.45) is 16.8 Å². The fraction of sp³-hybridized carbons (Fsp3) is 0.500. The van der Waals surface area contributed by atoms with E-state index < -0.39 is 0 Å². The van der Waals surface area contributed by atoms with Gasteiger partial charge in [-0.2, -0.15) is 11.8 Å². The van der Waals surface area contributed by atoms with Gasteiger partial charge in [-0.15, -0.1) is 0 Å². The van der Waals surface area contributed by atoms with Gasteiger partial charge >= 0.3 is 0 Å². The van der Waals surface area contributed by atoms with Crippen molar-refractivity contribution in [3.8, 4) is 5.75 Å². The third-order valence-corrected chi connectivity index (χ3v) is 4.40. The van der Waals surface area contributed by atoms with Crippen LogP contribution >= 0.6 is 11.8 Å². The van der Waals surface area contributed by atoms with Gasteiger partial charge in [0.1, 0.15) is 5.75 Å². The standard InChI is InChI=1S/C14H22N2O2S/c1-10(2)11(3)19-9-8-18-13-6-4-12(5-7-13)14(15)16-17/h4-7,10-11,17H,8-9H2,1-3H3,(H2,15,16). The molecule has 0 heterocycles. The molecule has 0 bridgehead atoms. The summed E-state index contributed by atoms with van der Waals surface area (Å²) in [4.78, 5) is 0. The highest BCUT2D eigenvalue weighted by atomic mass is 32.2. The van der Waals surface area contributed by atoms with Crippen LogP contribution in [-0.2, 0) is 0 Å². The number of benzene rings is 1. The highest BCUT2D eigenvalue weighted by Crippen LogP contribution is 2.19. The number of nitrogens with zero attached hydrogens (tertiary/aromatic N) is 1. The third kappa shape index (κ3) is 5.42. The molecule has 5 heteroatoms. The quantitative estimate of drug-likeness (QED) is 0.265. The molecule has 0 spiro atoms. The number of hydrogen-bond donors (Lipinski definition) is 2. The van der Waals surface area contributed by atoms with Gasteiger partial charge in [0.15, 0.2) is 5.84 Å². The summed E-state index contributed by atoms with van der Waals surface area (Å²) in [5.74, 6) is 2.56. The Morgan fingerprint density at radius 1 is 1.32 bits per heavy atom. The summed E-state index contributed by atoms with van der Waals surface area (Å²) in [6.45, 7) is 7.38. The van der Waals surface area contributed by atoms with Gasteiger partial charge in [0, 0.05) is 16.6 Å². The maximum absolute atomic E-state index is 8.56. The fourth-order valence-corrected chi connectivity index (χ4v) is 2.30. The SMILES string of the molecule is CC(C)C(C)SCCOc1ccc(/C(N)=N/O)cc1. The zero-order valence-electron chi connectivity index (χ0n) is 11.7. The van der Waals surface area contributed by atoms with E-state index in [1.807, 2.05) is 23.9 Å². The lowest BCUT2D eigenvalue weighted by Crippen LogP contribution is -2.13. The van der Waals surface area contributed by atoms with Crippen LogP contribution in [0.15, 0.2) is 29.4 Å². The predicted octanol–water partition coefficient (Wildman–Crippen LogP) is 2.94. The summed E-state index contributed by atoms with van der Waals surface area (Å²) in [6.07, 6.45) is 0. The summed E-state index contributed by atoms with van der Waals surface area (Å²) < 4.78 is 5.64. The van der Waals surface area contributed by atoms with Gasteiger partial charge in [-0.25, -0.2) is 0 Å². The second-order valence-electron chi connectivity index (χ2n) is 4.68. The van der Waals surface area contributed by atoms with Gasteiger partial charge in [-0.05, 0) is 30.2 Å². The Hall–Kier alpha value is -1.36. The molecule has 1 atom stereocenters. The predicted molar refractivity (Wildman–Crippen MR) is 81.2 cm³/mol. The highest BCUT2D eigenvalue weighted by Gasteiger charge is 2.06. The van der Waals surface area contributed by atoms with Crippen LogP contribution in [0.4, 0.5) is 0 Å². The summed E-state index contributed by atoms with van der Waals surface area (Å²) in [5, 5.41) is 12.2. The minimum absolute atomic E-state index is 0.105. The van der Waals surface area contributed by atoms with Crippen LogP contribution in [0.25, 0.3) is 0 Å². The average Bonchev–Trinajstić information content (AvgIpc) is 2.43. The van der Waals surface area contributed by atoms with E-state index in [4.69, 9.17) is 15.7 Å². The molecule has 1 rings (SSSR count). The largest absolute Gasteiger partial charge is 0.493 e. The van der Waals surface area contributed by atoms with E-state index >= 15 is 0 Å². The molecule has 1 unspecified atom stereocenters. The number of thioether (sulfide) groups is 1. The van der Waals surface area contributed by atoms with E-state index in [-0.39, 0.29) is 5.84 Å². The molecule has 0 aliphatic rings. The smallest absolute Gasteiger partial charge is 0.170 e. The number of nitrogens with two attached hydrogens (primary N) is 1. The first kappa shape index (κ1) is 15.7. The molecule has 106 valence electrons. The Kier molecular flexibility index (Phi) is 6.56. The topological polar surface area (TPSA) is 67.8 Å². The molecular formula is C14H22N2O2S. The van der Waals surface area contributed by atoms with Crippen molar-refractivity contribution in [2.75, 3.05) is 12.4 Å². The fourth-order valence-electron chi connectivity index (χ4n) is 1.37. The van der Waals surface area contributed by atoms with E-state index in [0.717, 1.165) is 11.5 Å². The summed E-state index contributed by atoms with van der Waals surface area (Å²) >= 11 is 1.92. The van der Waals surface area contributed by atoms with E-state index in [0.29, 0.717) is 23.3 Å². The molecule has 0 aliphatic carbocycles. The molecule has 1 aromatic carbocycles. The van der Waals surface area contributed by atoms with Crippen LogP contribution in [0.2, 0.25) is 0 Å². The van der Waals surface area contributed by atoms with E-state index in [1.54, 1.807) is 12.1 Å². The van der Waals surface area contributed by atoms with Crippen LogP contribution in [-0.4, -0.2) is 28.7 Å². The van der Waals surface area contributed by atoms with Crippen molar-refractivity contribution in [1.82, 2.24) is 0 Å². The molecule has 0 saturated carbocycles. The Morgan fingerprint density at radius 2 is 1.95 bits per heavy atom. The van der Waals surface area contributed by atoms with Crippen LogP contribution in [0.5, 0.6) is 5.75 Å². The van der Waals surface area contributed by atoms with E-state index in [1.165, 1.54) is 0 Å². The average molecular weight is 282 g/mol. The Bertz CT molecular complexity index is 404. The zero-order valence-corrected chi connectivity index (χ0v) is 12.5. The molecule has 0 radical (unpaired) electrons. The number of hydrogen-bond acceptors (Lipinski definition) is 4. The highest BCUT2D eigenvalue weighted by molar-refractivity contribution is 7.99. The lowest BCUT2D eigenvalue weighted by molar-refractivity contribution is 0.318. The van der Waals surface area contributed by atoms with Gasteiger partial charge < -0.3 is 15.7 Å². The van der Waals surface area contributed by atoms with Crippen molar-refractivity contribution in [1.29, 1.82) is 0 Å². The van der Waals surface area contributed by atoms with Crippen molar-refractivity contribution >= 4 is 17.6 Å². The molecule has 0 amide bonds. The Balaban J connectivity index is 2.34. The Labute approximate surface area is 119 Å². The first-order valence-corrected chi connectivity index (χ1v) is 7.41. The van der Waals surface area contributed by atoms with Gasteiger partial charge in [-0.3, -0.25) is 0 Å². The summed E-state index contributed by atoms with van der Waals surface area (Å²) in [5.41, 5.74) is 6.16. The minimum atomic E-state index is 0.105. The molecule has 19 heavy (non-hydrogen) atoms. The van der Waals surface area contributed by atoms with E-state index in [2.05, 4.69) is 25.9 Å². The molecule has 0 fully saturated rings. The molecule has 0 aliphatic heterocycles. The molecule has 1 aromatic rings. The summed E-state index contributed by atoms with van der Waals surface area (Å²) in [6, 6.07) is 7.19. The van der Waals surface area contributed by atoms with Crippen molar-refractivity contribution < 1.29 is 9.94 Å². The van der Waals surface area contributed by atoms with Gasteiger partial charge in [0.2, 0.25) is 0 Å². The lowest BCUT2D eigenvalue weighted by atomic mass is 10.2. The Morgan fingerprint density at radius 3 is 2.47 bits per heavy atom.